The summed E-state index contributed by atoms with van der Waals surface area (Å²) in [6.07, 6.45) is 1.52. The fourth-order valence-electron chi connectivity index (χ4n) is 1.85. The van der Waals surface area contributed by atoms with Crippen molar-refractivity contribution in [2.75, 3.05) is 4.72 Å². The minimum atomic E-state index is -3.66. The second-order valence-corrected chi connectivity index (χ2v) is 6.32. The van der Waals surface area contributed by atoms with Crippen molar-refractivity contribution < 1.29 is 8.42 Å². The van der Waals surface area contributed by atoms with Crippen LogP contribution in [-0.4, -0.2) is 18.4 Å². The SMILES string of the molecule is O=S(=O)(Nc1cccc(Cl)c1)c1ccc2nc[nH]c2c1. The Hall–Kier alpha value is -2.05. The number of nitrogens with zero attached hydrogens (tertiary/aromatic N) is 1. The van der Waals surface area contributed by atoms with Gasteiger partial charge in [-0.05, 0) is 36.4 Å². The van der Waals surface area contributed by atoms with Crippen LogP contribution in [0, 0.1) is 0 Å². The third kappa shape index (κ3) is 2.48. The Morgan fingerprint density at radius 2 is 2.00 bits per heavy atom. The molecule has 1 aromatic heterocycles. The van der Waals surface area contributed by atoms with Crippen molar-refractivity contribution in [3.8, 4) is 0 Å². The summed E-state index contributed by atoms with van der Waals surface area (Å²) in [5.74, 6) is 0. The molecule has 0 aliphatic carbocycles. The van der Waals surface area contributed by atoms with Crippen molar-refractivity contribution >= 4 is 38.3 Å². The average Bonchev–Trinajstić information content (AvgIpc) is 2.85. The van der Waals surface area contributed by atoms with Gasteiger partial charge in [0.15, 0.2) is 0 Å². The fourth-order valence-corrected chi connectivity index (χ4v) is 3.11. The first-order valence-corrected chi connectivity index (χ1v) is 7.62. The van der Waals surface area contributed by atoms with E-state index in [0.717, 1.165) is 0 Å². The van der Waals surface area contributed by atoms with E-state index in [2.05, 4.69) is 14.7 Å². The molecule has 102 valence electrons. The number of aromatic amines is 1. The molecule has 0 bridgehead atoms. The van der Waals surface area contributed by atoms with E-state index >= 15 is 0 Å². The third-order valence-electron chi connectivity index (χ3n) is 2.78. The molecule has 1 heterocycles. The number of sulfonamides is 1. The highest BCUT2D eigenvalue weighted by atomic mass is 35.5. The number of halogens is 1. The van der Waals surface area contributed by atoms with Crippen LogP contribution in [0.25, 0.3) is 11.0 Å². The minimum absolute atomic E-state index is 0.161. The first-order chi connectivity index (χ1) is 9.54. The highest BCUT2D eigenvalue weighted by Crippen LogP contribution is 2.21. The maximum atomic E-state index is 12.3. The monoisotopic (exact) mass is 307 g/mol. The van der Waals surface area contributed by atoms with E-state index in [0.29, 0.717) is 21.7 Å². The predicted octanol–water partition coefficient (Wildman–Crippen LogP) is 3.02. The number of aromatic nitrogens is 2. The summed E-state index contributed by atoms with van der Waals surface area (Å²) in [5, 5.41) is 0.467. The molecule has 2 aromatic carbocycles. The first kappa shape index (κ1) is 13.0. The smallest absolute Gasteiger partial charge is 0.261 e. The van der Waals surface area contributed by atoms with Gasteiger partial charge in [-0.25, -0.2) is 13.4 Å². The summed E-state index contributed by atoms with van der Waals surface area (Å²) in [6, 6.07) is 11.2. The Morgan fingerprint density at radius 1 is 1.15 bits per heavy atom. The highest BCUT2D eigenvalue weighted by molar-refractivity contribution is 7.92. The second kappa shape index (κ2) is 4.81. The topological polar surface area (TPSA) is 74.8 Å². The number of benzene rings is 2. The zero-order valence-electron chi connectivity index (χ0n) is 10.2. The van der Waals surface area contributed by atoms with Crippen LogP contribution in [0.15, 0.2) is 53.7 Å². The lowest BCUT2D eigenvalue weighted by molar-refractivity contribution is 0.601. The van der Waals surface area contributed by atoms with Crippen LogP contribution in [0.3, 0.4) is 0 Å². The van der Waals surface area contributed by atoms with Crippen LogP contribution >= 0.6 is 11.6 Å². The summed E-state index contributed by atoms with van der Waals surface area (Å²) in [4.78, 5) is 7.09. The number of imidazole rings is 1. The van der Waals surface area contributed by atoms with Crippen molar-refractivity contribution in [3.63, 3.8) is 0 Å². The highest BCUT2D eigenvalue weighted by Gasteiger charge is 2.15. The first-order valence-electron chi connectivity index (χ1n) is 5.76. The number of rotatable bonds is 3. The van der Waals surface area contributed by atoms with E-state index in [1.165, 1.54) is 18.5 Å². The number of H-pyrrole nitrogens is 1. The molecule has 0 aliphatic rings. The van der Waals surface area contributed by atoms with Crippen molar-refractivity contribution in [3.05, 3.63) is 53.8 Å². The van der Waals surface area contributed by atoms with E-state index in [1.807, 2.05) is 0 Å². The Labute approximate surface area is 120 Å². The lowest BCUT2D eigenvalue weighted by Gasteiger charge is -2.08. The van der Waals surface area contributed by atoms with Crippen LogP contribution in [0.2, 0.25) is 5.02 Å². The van der Waals surface area contributed by atoms with E-state index < -0.39 is 10.0 Å². The van der Waals surface area contributed by atoms with E-state index in [4.69, 9.17) is 11.6 Å². The minimum Gasteiger partial charge on any atom is -0.345 e. The van der Waals surface area contributed by atoms with Crippen LogP contribution in [0.1, 0.15) is 0 Å². The molecule has 0 aliphatic heterocycles. The molecule has 3 aromatic rings. The number of anilines is 1. The molecule has 0 atom stereocenters. The van der Waals surface area contributed by atoms with Gasteiger partial charge in [0.2, 0.25) is 0 Å². The van der Waals surface area contributed by atoms with Crippen molar-refractivity contribution in [1.82, 2.24) is 9.97 Å². The zero-order valence-corrected chi connectivity index (χ0v) is 11.7. The van der Waals surface area contributed by atoms with Gasteiger partial charge in [-0.2, -0.15) is 0 Å². The molecular weight excluding hydrogens is 298 g/mol. The number of hydrogen-bond donors (Lipinski definition) is 2. The van der Waals surface area contributed by atoms with Gasteiger partial charge < -0.3 is 4.98 Å². The summed E-state index contributed by atoms with van der Waals surface area (Å²) in [7, 11) is -3.66. The standard InChI is InChI=1S/C13H10ClN3O2S/c14-9-2-1-3-10(6-9)17-20(18,19)11-4-5-12-13(7-11)16-8-15-12/h1-8,17H,(H,15,16). The third-order valence-corrected chi connectivity index (χ3v) is 4.39. The Kier molecular flexibility index (Phi) is 3.11. The van der Waals surface area contributed by atoms with E-state index in [1.54, 1.807) is 30.3 Å². The summed E-state index contributed by atoms with van der Waals surface area (Å²) in [6.45, 7) is 0. The Bertz CT molecular complexity index is 874. The molecule has 7 heteroatoms. The van der Waals surface area contributed by atoms with Gasteiger partial charge in [0.25, 0.3) is 10.0 Å². The van der Waals surface area contributed by atoms with Gasteiger partial charge in [0, 0.05) is 5.02 Å². The molecule has 0 spiro atoms. The number of fused-ring (bicyclic) bond motifs is 1. The zero-order chi connectivity index (χ0) is 14.2. The summed E-state index contributed by atoms with van der Waals surface area (Å²) >= 11 is 5.84. The van der Waals surface area contributed by atoms with Crippen LogP contribution in [0.4, 0.5) is 5.69 Å². The van der Waals surface area contributed by atoms with Crippen LogP contribution < -0.4 is 4.72 Å². The van der Waals surface area contributed by atoms with Gasteiger partial charge in [-0.15, -0.1) is 0 Å². The van der Waals surface area contributed by atoms with E-state index in [9.17, 15) is 8.42 Å². The second-order valence-electron chi connectivity index (χ2n) is 4.20. The molecule has 3 rings (SSSR count). The molecule has 2 N–H and O–H groups in total. The fraction of sp³-hybridized carbons (Fsp3) is 0. The van der Waals surface area contributed by atoms with Gasteiger partial charge in [0.1, 0.15) is 0 Å². The molecule has 0 unspecified atom stereocenters. The van der Waals surface area contributed by atoms with Gasteiger partial charge in [0.05, 0.1) is 27.9 Å². The molecule has 0 saturated carbocycles. The van der Waals surface area contributed by atoms with Gasteiger partial charge in [-0.1, -0.05) is 17.7 Å². The van der Waals surface area contributed by atoms with Crippen molar-refractivity contribution in [1.29, 1.82) is 0 Å². The molecule has 0 fully saturated rings. The Morgan fingerprint density at radius 3 is 2.80 bits per heavy atom. The number of hydrogen-bond acceptors (Lipinski definition) is 3. The van der Waals surface area contributed by atoms with Crippen LogP contribution in [0.5, 0.6) is 0 Å². The molecule has 0 saturated heterocycles. The van der Waals surface area contributed by atoms with Crippen LogP contribution in [-0.2, 0) is 10.0 Å². The molecule has 0 radical (unpaired) electrons. The molecule has 5 nitrogen and oxygen atoms in total. The lowest BCUT2D eigenvalue weighted by atomic mass is 10.3. The molecular formula is C13H10ClN3O2S. The van der Waals surface area contributed by atoms with Crippen molar-refractivity contribution in [2.45, 2.75) is 4.90 Å². The lowest BCUT2D eigenvalue weighted by Crippen LogP contribution is -2.12. The summed E-state index contributed by atoms with van der Waals surface area (Å²) in [5.41, 5.74) is 1.80. The van der Waals surface area contributed by atoms with E-state index in [-0.39, 0.29) is 4.90 Å². The Balaban J connectivity index is 1.98. The van der Waals surface area contributed by atoms with Crippen molar-refractivity contribution in [2.24, 2.45) is 0 Å². The average molecular weight is 308 g/mol. The molecule has 20 heavy (non-hydrogen) atoms. The maximum absolute atomic E-state index is 12.3. The largest absolute Gasteiger partial charge is 0.345 e. The van der Waals surface area contributed by atoms with Gasteiger partial charge in [-0.3, -0.25) is 4.72 Å². The quantitative estimate of drug-likeness (QED) is 0.781. The normalized spacial score (nSPS) is 11.7. The number of nitrogens with one attached hydrogen (secondary N) is 2. The van der Waals surface area contributed by atoms with Gasteiger partial charge >= 0.3 is 0 Å². The molecule has 0 amide bonds. The predicted molar refractivity (Wildman–Crippen MR) is 78.4 cm³/mol. The maximum Gasteiger partial charge on any atom is 0.261 e. The summed E-state index contributed by atoms with van der Waals surface area (Å²) < 4.78 is 27.1.